The summed E-state index contributed by atoms with van der Waals surface area (Å²) in [5.74, 6) is 1.96. The summed E-state index contributed by atoms with van der Waals surface area (Å²) in [5.41, 5.74) is 15.9. The van der Waals surface area contributed by atoms with E-state index in [4.69, 9.17) is 4.74 Å². The number of hydrogen-bond acceptors (Lipinski definition) is 3. The third-order valence-electron chi connectivity index (χ3n) is 12.2. The topological polar surface area (TPSA) is 17.4 Å². The molecule has 1 aliphatic carbocycles. The number of anilines is 3. The van der Waals surface area contributed by atoms with Crippen molar-refractivity contribution in [3.8, 4) is 11.5 Å². The summed E-state index contributed by atoms with van der Waals surface area (Å²) in [5, 5.41) is 4.15. The number of benzene rings is 5. The molecule has 0 amide bonds. The van der Waals surface area contributed by atoms with E-state index in [9.17, 15) is 0 Å². The van der Waals surface area contributed by atoms with Crippen molar-refractivity contribution in [1.29, 1.82) is 0 Å². The second-order valence-electron chi connectivity index (χ2n) is 19.0. The van der Waals surface area contributed by atoms with Gasteiger partial charge in [-0.25, -0.2) is 0 Å². The molecule has 53 heavy (non-hydrogen) atoms. The first-order chi connectivity index (χ1) is 25.1. The van der Waals surface area contributed by atoms with Crippen molar-refractivity contribution in [3.63, 3.8) is 0 Å². The van der Waals surface area contributed by atoms with Gasteiger partial charge in [-0.2, -0.15) is 0 Å². The normalized spacial score (nSPS) is 15.2. The summed E-state index contributed by atoms with van der Waals surface area (Å²) in [4.78, 5) is 2.56. The van der Waals surface area contributed by atoms with Crippen LogP contribution in [0.2, 0.25) is 0 Å². The van der Waals surface area contributed by atoms with Gasteiger partial charge in [-0.05, 0) is 139 Å². The molecule has 0 saturated carbocycles. The van der Waals surface area contributed by atoms with Gasteiger partial charge in [0.05, 0.1) is 11.2 Å². The van der Waals surface area contributed by atoms with Crippen LogP contribution in [0.1, 0.15) is 96.6 Å². The summed E-state index contributed by atoms with van der Waals surface area (Å²) in [7, 11) is 0. The van der Waals surface area contributed by atoms with Gasteiger partial charge < -0.3 is 14.2 Å². The molecule has 0 unspecified atom stereocenters. The molecule has 10 rings (SSSR count). The van der Waals surface area contributed by atoms with Crippen molar-refractivity contribution >= 4 is 82.7 Å². The summed E-state index contributed by atoms with van der Waals surface area (Å²) in [6.07, 6.45) is 3.56. The van der Waals surface area contributed by atoms with Crippen molar-refractivity contribution in [3.05, 3.63) is 107 Å². The van der Waals surface area contributed by atoms with Crippen LogP contribution in [0, 0.1) is 6.92 Å². The van der Waals surface area contributed by atoms with Gasteiger partial charge in [0.25, 0.3) is 6.71 Å². The fourth-order valence-corrected chi connectivity index (χ4v) is 10.9. The van der Waals surface area contributed by atoms with E-state index in [1.807, 2.05) is 11.3 Å². The molecule has 2 aliphatic heterocycles. The highest BCUT2D eigenvalue weighted by Gasteiger charge is 2.45. The number of nitrogens with zero attached hydrogens (tertiary/aromatic N) is 2. The molecule has 2 aromatic heterocycles. The Bertz CT molecular complexity index is 2690. The molecule has 3 aliphatic rings. The van der Waals surface area contributed by atoms with Crippen LogP contribution >= 0.6 is 11.3 Å². The van der Waals surface area contributed by atoms with E-state index in [1.165, 1.54) is 99.8 Å². The van der Waals surface area contributed by atoms with Gasteiger partial charge in [-0.3, -0.25) is 0 Å². The molecule has 0 atom stereocenters. The van der Waals surface area contributed by atoms with E-state index in [0.29, 0.717) is 0 Å². The fraction of sp³-hybridized carbons (Fsp3) is 0.333. The Morgan fingerprint density at radius 2 is 1.43 bits per heavy atom. The van der Waals surface area contributed by atoms with Crippen LogP contribution in [0.25, 0.3) is 31.9 Å². The molecule has 0 bridgehead atoms. The lowest BCUT2D eigenvalue weighted by Gasteiger charge is -2.39. The van der Waals surface area contributed by atoms with Crippen molar-refractivity contribution in [1.82, 2.24) is 4.57 Å². The van der Waals surface area contributed by atoms with Crippen molar-refractivity contribution in [2.45, 2.75) is 105 Å². The Morgan fingerprint density at radius 1 is 0.698 bits per heavy atom. The summed E-state index contributed by atoms with van der Waals surface area (Å²) in [6, 6.07) is 30.9. The van der Waals surface area contributed by atoms with E-state index in [-0.39, 0.29) is 23.1 Å². The quantitative estimate of drug-likeness (QED) is 0.158. The predicted molar refractivity (Wildman–Crippen MR) is 230 cm³/mol. The average Bonchev–Trinajstić information content (AvgIpc) is 3.79. The molecule has 3 nitrogen and oxygen atoms in total. The zero-order valence-corrected chi connectivity index (χ0v) is 33.7. The smallest absolute Gasteiger partial charge is 0.268 e. The summed E-state index contributed by atoms with van der Waals surface area (Å²) in [6.45, 7) is 23.1. The van der Waals surface area contributed by atoms with Gasteiger partial charge in [0.2, 0.25) is 0 Å². The lowest BCUT2D eigenvalue weighted by Crippen LogP contribution is -2.58. The summed E-state index contributed by atoms with van der Waals surface area (Å²) < 4.78 is 12.4. The molecule has 0 fully saturated rings. The van der Waals surface area contributed by atoms with Gasteiger partial charge in [0, 0.05) is 54.1 Å². The Hall–Kier alpha value is -4.48. The number of fused-ring (bicyclic) bond motifs is 11. The predicted octanol–water partition coefficient (Wildman–Crippen LogP) is 11.6. The molecular formula is C48H49BN2OS. The second kappa shape index (κ2) is 10.8. The maximum atomic E-state index is 7.14. The number of aromatic nitrogens is 1. The number of rotatable bonds is 1. The zero-order chi connectivity index (χ0) is 36.9. The lowest BCUT2D eigenvalue weighted by molar-refractivity contribution is 0.422. The van der Waals surface area contributed by atoms with Crippen molar-refractivity contribution in [2.24, 2.45) is 0 Å². The van der Waals surface area contributed by atoms with Gasteiger partial charge in [0.1, 0.15) is 11.5 Å². The fourth-order valence-electron chi connectivity index (χ4n) is 9.63. The molecule has 7 aromatic rings. The van der Waals surface area contributed by atoms with Crippen LogP contribution in [0.5, 0.6) is 11.5 Å². The van der Waals surface area contributed by atoms with Crippen LogP contribution in [-0.4, -0.2) is 11.3 Å². The largest absolute Gasteiger partial charge is 0.458 e. The molecular weight excluding hydrogens is 663 g/mol. The van der Waals surface area contributed by atoms with Crippen LogP contribution in [0.4, 0.5) is 17.1 Å². The van der Waals surface area contributed by atoms with Crippen LogP contribution < -0.4 is 25.3 Å². The highest BCUT2D eigenvalue weighted by Crippen LogP contribution is 2.48. The Kier molecular flexibility index (Phi) is 6.76. The highest BCUT2D eigenvalue weighted by molar-refractivity contribution is 7.33. The zero-order valence-electron chi connectivity index (χ0n) is 32.9. The first kappa shape index (κ1) is 33.1. The Balaban J connectivity index is 1.30. The minimum absolute atomic E-state index is 0.0386. The van der Waals surface area contributed by atoms with Gasteiger partial charge in [-0.1, -0.05) is 71.9 Å². The minimum atomic E-state index is -0.0886. The minimum Gasteiger partial charge on any atom is -0.458 e. The lowest BCUT2D eigenvalue weighted by atomic mass is 9.37. The molecule has 5 aromatic carbocycles. The first-order valence-corrected chi connectivity index (χ1v) is 20.3. The van der Waals surface area contributed by atoms with Gasteiger partial charge >= 0.3 is 0 Å². The van der Waals surface area contributed by atoms with Crippen molar-refractivity contribution in [2.75, 3.05) is 4.90 Å². The average molecular weight is 713 g/mol. The number of aryl methyl sites for hydroxylation is 3. The van der Waals surface area contributed by atoms with E-state index in [0.717, 1.165) is 17.9 Å². The van der Waals surface area contributed by atoms with Crippen molar-refractivity contribution < 1.29 is 4.74 Å². The molecule has 5 heteroatoms. The SMILES string of the molecule is Cc1cc2c3c(c1)N(c1ccc(C(C)(C)C)cc1)c1c(sc4ccc(C(C)(C)C)cc14)B3c1cc3c4c5c(ccc4n(C(C)(C)C)c3cc1O2)CCC5. The monoisotopic (exact) mass is 712 g/mol. The van der Waals surface area contributed by atoms with E-state index >= 15 is 0 Å². The molecule has 0 N–H and O–H groups in total. The standard InChI is InChI=1S/C48H49BN2OS/c1-27-22-38-43-40(23-27)52-39-26-37-33(42-32-13-11-12-28(32)14-20-36(42)51(37)48(8,9)10)25-35(39)49(43)45-44(34-24-30(47(5,6)7)17-21-41(34)53-45)50(38)31-18-15-29(16-19-31)46(2,3)4/h14-26H,11-13H2,1-10H3. The van der Waals surface area contributed by atoms with Crippen LogP contribution in [0.15, 0.2) is 78.9 Å². The maximum absolute atomic E-state index is 7.14. The van der Waals surface area contributed by atoms with Crippen LogP contribution in [-0.2, 0) is 29.2 Å². The molecule has 266 valence electrons. The maximum Gasteiger partial charge on any atom is 0.268 e. The van der Waals surface area contributed by atoms with Gasteiger partial charge in [-0.15, -0.1) is 11.3 Å². The first-order valence-electron chi connectivity index (χ1n) is 19.5. The summed E-state index contributed by atoms with van der Waals surface area (Å²) >= 11 is 1.97. The Morgan fingerprint density at radius 3 is 2.15 bits per heavy atom. The number of thiophene rings is 1. The van der Waals surface area contributed by atoms with E-state index in [1.54, 1.807) is 5.56 Å². The third-order valence-corrected chi connectivity index (χ3v) is 13.4. The molecule has 4 heterocycles. The number of ether oxygens (including phenoxy) is 1. The second-order valence-corrected chi connectivity index (χ2v) is 20.1. The Labute approximate surface area is 318 Å². The number of hydrogen-bond donors (Lipinski definition) is 0. The molecule has 0 spiro atoms. The van der Waals surface area contributed by atoms with E-state index < -0.39 is 0 Å². The molecule has 0 saturated heterocycles. The highest BCUT2D eigenvalue weighted by atomic mass is 32.1. The van der Waals surface area contributed by atoms with Gasteiger partial charge in [0.15, 0.2) is 0 Å². The molecule has 0 radical (unpaired) electrons. The van der Waals surface area contributed by atoms with E-state index in [2.05, 4.69) is 158 Å². The third kappa shape index (κ3) is 4.78. The van der Waals surface area contributed by atoms with Crippen LogP contribution in [0.3, 0.4) is 0 Å².